The Bertz CT molecular complexity index is 1510. The molecule has 0 N–H and O–H groups in total. The number of halogens is 4. The number of hydrogen-bond acceptors (Lipinski definition) is 4. The summed E-state index contributed by atoms with van der Waals surface area (Å²) in [7, 11) is 1.64. The maximum atomic E-state index is 14.2. The first-order valence-electron chi connectivity index (χ1n) is 11.7. The van der Waals surface area contributed by atoms with Crippen molar-refractivity contribution in [2.24, 2.45) is 7.05 Å². The SMILES string of the molecule is Cn1nc2c(c1-c1cc(F)cc(C(F)(F)F)c1)CC1CCCC2N1C(=O)c1ccc2nccnc2c1. The van der Waals surface area contributed by atoms with Crippen molar-refractivity contribution < 1.29 is 22.4 Å². The van der Waals surface area contributed by atoms with Gasteiger partial charge < -0.3 is 4.90 Å². The zero-order valence-electron chi connectivity index (χ0n) is 19.3. The minimum atomic E-state index is -4.67. The molecular formula is C26H21F4N5O. The van der Waals surface area contributed by atoms with Gasteiger partial charge in [-0.05, 0) is 62.1 Å². The molecule has 4 heterocycles. The van der Waals surface area contributed by atoms with Crippen molar-refractivity contribution in [1.29, 1.82) is 0 Å². The topological polar surface area (TPSA) is 63.9 Å². The Balaban J connectivity index is 1.42. The number of piperidine rings is 1. The first-order valence-corrected chi connectivity index (χ1v) is 11.7. The highest BCUT2D eigenvalue weighted by Gasteiger charge is 2.44. The van der Waals surface area contributed by atoms with Crippen molar-refractivity contribution in [1.82, 2.24) is 24.6 Å². The normalized spacial score (nSPS) is 19.4. The molecule has 10 heteroatoms. The number of amides is 1. The molecule has 184 valence electrons. The molecule has 1 saturated heterocycles. The summed E-state index contributed by atoms with van der Waals surface area (Å²) in [4.78, 5) is 24.1. The van der Waals surface area contributed by atoms with Crippen molar-refractivity contribution in [2.45, 2.75) is 43.9 Å². The van der Waals surface area contributed by atoms with Crippen LogP contribution in [-0.2, 0) is 19.6 Å². The summed E-state index contributed by atoms with van der Waals surface area (Å²) < 4.78 is 55.9. The van der Waals surface area contributed by atoms with E-state index in [0.29, 0.717) is 46.9 Å². The van der Waals surface area contributed by atoms with Crippen LogP contribution in [0, 0.1) is 5.82 Å². The van der Waals surface area contributed by atoms with Crippen molar-refractivity contribution in [3.8, 4) is 11.3 Å². The predicted molar refractivity (Wildman–Crippen MR) is 123 cm³/mol. The lowest BCUT2D eigenvalue weighted by atomic mass is 9.81. The lowest BCUT2D eigenvalue weighted by Gasteiger charge is -2.45. The quantitative estimate of drug-likeness (QED) is 0.346. The van der Waals surface area contributed by atoms with E-state index < -0.39 is 17.6 Å². The average Bonchev–Trinajstić information content (AvgIpc) is 3.17. The largest absolute Gasteiger partial charge is 0.416 e. The zero-order valence-corrected chi connectivity index (χ0v) is 19.3. The van der Waals surface area contributed by atoms with Crippen LogP contribution in [0.3, 0.4) is 0 Å². The number of alkyl halides is 3. The third-order valence-corrected chi connectivity index (χ3v) is 7.13. The minimum absolute atomic E-state index is 0.129. The van der Waals surface area contributed by atoms with Gasteiger partial charge in [0.1, 0.15) is 5.82 Å². The first kappa shape index (κ1) is 22.6. The molecule has 0 aliphatic carbocycles. The number of aromatic nitrogens is 4. The maximum absolute atomic E-state index is 14.2. The molecule has 2 aliphatic rings. The van der Waals surface area contributed by atoms with E-state index in [4.69, 9.17) is 0 Å². The summed E-state index contributed by atoms with van der Waals surface area (Å²) in [6.07, 6.45) is 1.30. The highest BCUT2D eigenvalue weighted by atomic mass is 19.4. The van der Waals surface area contributed by atoms with Gasteiger partial charge in [0, 0.05) is 42.2 Å². The Morgan fingerprint density at radius 1 is 1.03 bits per heavy atom. The summed E-state index contributed by atoms with van der Waals surface area (Å²) in [6, 6.07) is 7.34. The molecule has 6 nitrogen and oxygen atoms in total. The van der Waals surface area contributed by atoms with E-state index in [2.05, 4.69) is 15.1 Å². The van der Waals surface area contributed by atoms with Crippen LogP contribution >= 0.6 is 0 Å². The average molecular weight is 495 g/mol. The number of fused-ring (bicyclic) bond motifs is 5. The zero-order chi connectivity index (χ0) is 25.2. The number of benzene rings is 2. The maximum Gasteiger partial charge on any atom is 0.416 e. The lowest BCUT2D eigenvalue weighted by molar-refractivity contribution is -0.137. The van der Waals surface area contributed by atoms with E-state index in [0.717, 1.165) is 30.5 Å². The second-order valence-electron chi connectivity index (χ2n) is 9.34. The van der Waals surface area contributed by atoms with Gasteiger partial charge in [-0.15, -0.1) is 0 Å². The van der Waals surface area contributed by atoms with E-state index in [1.165, 1.54) is 4.68 Å². The van der Waals surface area contributed by atoms with E-state index in [1.807, 2.05) is 4.90 Å². The van der Waals surface area contributed by atoms with Crippen LogP contribution < -0.4 is 0 Å². The second-order valence-corrected chi connectivity index (χ2v) is 9.34. The predicted octanol–water partition coefficient (Wildman–Crippen LogP) is 5.48. The Hall–Kier alpha value is -3.82. The third kappa shape index (κ3) is 3.63. The molecule has 0 saturated carbocycles. The number of nitrogens with zero attached hydrogens (tertiary/aromatic N) is 5. The van der Waals surface area contributed by atoms with Gasteiger partial charge in [-0.3, -0.25) is 19.4 Å². The smallest absolute Gasteiger partial charge is 0.327 e. The molecule has 2 unspecified atom stereocenters. The van der Waals surface area contributed by atoms with Gasteiger partial charge in [-0.25, -0.2) is 4.39 Å². The molecule has 1 amide bonds. The van der Waals surface area contributed by atoms with Gasteiger partial charge in [0.05, 0.1) is 34.0 Å². The van der Waals surface area contributed by atoms with Crippen molar-refractivity contribution >= 4 is 16.9 Å². The van der Waals surface area contributed by atoms with Crippen LogP contribution in [-0.4, -0.2) is 36.6 Å². The Morgan fingerprint density at radius 2 is 1.81 bits per heavy atom. The Kier molecular flexibility index (Phi) is 5.10. The lowest BCUT2D eigenvalue weighted by Crippen LogP contribution is -2.49. The van der Waals surface area contributed by atoms with E-state index in [-0.39, 0.29) is 23.6 Å². The summed E-state index contributed by atoms with van der Waals surface area (Å²) in [5, 5.41) is 4.64. The molecule has 36 heavy (non-hydrogen) atoms. The summed E-state index contributed by atoms with van der Waals surface area (Å²) in [6.45, 7) is 0. The fraction of sp³-hybridized carbons (Fsp3) is 0.308. The summed E-state index contributed by atoms with van der Waals surface area (Å²) >= 11 is 0. The Labute approximate surface area is 203 Å². The standard InChI is InChI=1S/C26H21F4N5O/c1-34-24(15-9-16(26(28,29)30)12-17(27)10-15)19-13-18-3-2-4-22(23(19)33-34)35(18)25(36)14-5-6-20-21(11-14)32-8-7-31-20/h5-12,18,22H,2-4,13H2,1H3. The molecule has 2 atom stereocenters. The van der Waals surface area contributed by atoms with E-state index in [1.54, 1.807) is 37.6 Å². The number of rotatable bonds is 2. The fourth-order valence-corrected chi connectivity index (χ4v) is 5.65. The fourth-order valence-electron chi connectivity index (χ4n) is 5.65. The van der Waals surface area contributed by atoms with Gasteiger partial charge in [0.25, 0.3) is 5.91 Å². The van der Waals surface area contributed by atoms with Crippen molar-refractivity contribution in [3.63, 3.8) is 0 Å². The summed E-state index contributed by atoms with van der Waals surface area (Å²) in [5.41, 5.74) is 2.80. The van der Waals surface area contributed by atoms with Gasteiger partial charge in [-0.2, -0.15) is 18.3 Å². The molecule has 2 aromatic carbocycles. The molecule has 4 aromatic rings. The van der Waals surface area contributed by atoms with Gasteiger partial charge in [0.15, 0.2) is 0 Å². The first-order chi connectivity index (χ1) is 17.2. The molecular weight excluding hydrogens is 474 g/mol. The molecule has 1 fully saturated rings. The highest BCUT2D eigenvalue weighted by molar-refractivity contribution is 5.98. The number of hydrogen-bond donors (Lipinski definition) is 0. The van der Waals surface area contributed by atoms with Crippen molar-refractivity contribution in [3.05, 3.63) is 77.0 Å². The van der Waals surface area contributed by atoms with Crippen LogP contribution in [0.2, 0.25) is 0 Å². The van der Waals surface area contributed by atoms with Crippen LogP contribution in [0.4, 0.5) is 17.6 Å². The van der Waals surface area contributed by atoms with Crippen LogP contribution in [0.25, 0.3) is 22.3 Å². The molecule has 2 aliphatic heterocycles. The van der Waals surface area contributed by atoms with Crippen LogP contribution in [0.5, 0.6) is 0 Å². The van der Waals surface area contributed by atoms with Gasteiger partial charge >= 0.3 is 6.18 Å². The number of carbonyl (C=O) groups excluding carboxylic acids is 1. The Morgan fingerprint density at radius 3 is 2.58 bits per heavy atom. The minimum Gasteiger partial charge on any atom is -0.327 e. The number of carbonyl (C=O) groups is 1. The summed E-state index contributed by atoms with van der Waals surface area (Å²) in [5.74, 6) is -1.10. The van der Waals surface area contributed by atoms with E-state index in [9.17, 15) is 22.4 Å². The molecule has 2 aromatic heterocycles. The van der Waals surface area contributed by atoms with E-state index >= 15 is 0 Å². The molecule has 6 rings (SSSR count). The van der Waals surface area contributed by atoms with Gasteiger partial charge in [0.2, 0.25) is 0 Å². The molecule has 2 bridgehead atoms. The van der Waals surface area contributed by atoms with Crippen molar-refractivity contribution in [2.75, 3.05) is 0 Å². The van der Waals surface area contributed by atoms with Crippen LogP contribution in [0.1, 0.15) is 52.5 Å². The number of aryl methyl sites for hydroxylation is 1. The van der Waals surface area contributed by atoms with Crippen LogP contribution in [0.15, 0.2) is 48.8 Å². The monoisotopic (exact) mass is 495 g/mol. The highest BCUT2D eigenvalue weighted by Crippen LogP contribution is 2.45. The second kappa shape index (κ2) is 8.11. The van der Waals surface area contributed by atoms with Gasteiger partial charge in [-0.1, -0.05) is 0 Å². The molecule has 0 spiro atoms. The molecule has 0 radical (unpaired) electrons. The third-order valence-electron chi connectivity index (χ3n) is 7.13.